The molecule has 0 amide bonds. The lowest BCUT2D eigenvalue weighted by Crippen LogP contribution is -2.23. The maximum absolute atomic E-state index is 11.6. The SMILES string of the molecule is COC(=O)Cn1ncc2c(N3CCCC3c3cnn(C)c3)ncnc21. The first-order chi connectivity index (χ1) is 12.2. The van der Waals surface area contributed by atoms with Crippen LogP contribution in [0.2, 0.25) is 0 Å². The molecule has 9 nitrogen and oxygen atoms in total. The van der Waals surface area contributed by atoms with E-state index in [1.807, 2.05) is 24.1 Å². The Morgan fingerprint density at radius 2 is 2.20 bits per heavy atom. The van der Waals surface area contributed by atoms with Gasteiger partial charge in [0.2, 0.25) is 0 Å². The molecule has 0 aliphatic carbocycles. The van der Waals surface area contributed by atoms with Gasteiger partial charge in [-0.3, -0.25) is 9.48 Å². The molecule has 3 aromatic rings. The molecule has 1 unspecified atom stereocenters. The zero-order chi connectivity index (χ0) is 17.4. The summed E-state index contributed by atoms with van der Waals surface area (Å²) in [5.41, 5.74) is 1.81. The maximum Gasteiger partial charge on any atom is 0.327 e. The number of anilines is 1. The lowest BCUT2D eigenvalue weighted by molar-refractivity contribution is -0.141. The molecule has 25 heavy (non-hydrogen) atoms. The molecule has 1 aliphatic rings. The quantitative estimate of drug-likeness (QED) is 0.656. The number of fused-ring (bicyclic) bond motifs is 1. The van der Waals surface area contributed by atoms with Gasteiger partial charge >= 0.3 is 5.97 Å². The largest absolute Gasteiger partial charge is 0.468 e. The number of hydrogen-bond donors (Lipinski definition) is 0. The van der Waals surface area contributed by atoms with Gasteiger partial charge in [0.05, 0.1) is 30.9 Å². The van der Waals surface area contributed by atoms with Crippen molar-refractivity contribution < 1.29 is 9.53 Å². The zero-order valence-corrected chi connectivity index (χ0v) is 14.2. The molecule has 0 N–H and O–H groups in total. The number of ether oxygens (including phenoxy) is 1. The summed E-state index contributed by atoms with van der Waals surface area (Å²) in [7, 11) is 3.28. The van der Waals surface area contributed by atoms with Crippen molar-refractivity contribution in [1.82, 2.24) is 29.5 Å². The molecule has 1 aliphatic heterocycles. The number of esters is 1. The van der Waals surface area contributed by atoms with Crippen LogP contribution in [-0.4, -0.2) is 49.2 Å². The molecule has 0 aromatic carbocycles. The average Bonchev–Trinajstić information content (AvgIpc) is 3.34. The summed E-state index contributed by atoms with van der Waals surface area (Å²) in [5, 5.41) is 9.41. The second-order valence-electron chi connectivity index (χ2n) is 6.11. The summed E-state index contributed by atoms with van der Waals surface area (Å²) in [6.45, 7) is 0.941. The van der Waals surface area contributed by atoms with Crippen molar-refractivity contribution in [3.63, 3.8) is 0 Å². The lowest BCUT2D eigenvalue weighted by atomic mass is 10.1. The summed E-state index contributed by atoms with van der Waals surface area (Å²) in [4.78, 5) is 22.6. The van der Waals surface area contributed by atoms with Gasteiger partial charge in [-0.05, 0) is 12.8 Å². The Hall–Kier alpha value is -2.97. The monoisotopic (exact) mass is 341 g/mol. The minimum Gasteiger partial charge on any atom is -0.468 e. The van der Waals surface area contributed by atoms with Gasteiger partial charge in [0.25, 0.3) is 0 Å². The first kappa shape index (κ1) is 15.6. The number of carbonyl (C=O) groups is 1. The van der Waals surface area contributed by atoms with Gasteiger partial charge in [-0.1, -0.05) is 0 Å². The Morgan fingerprint density at radius 3 is 2.96 bits per heavy atom. The number of aromatic nitrogens is 6. The molecule has 9 heteroatoms. The van der Waals surface area contributed by atoms with Crippen LogP contribution in [-0.2, 0) is 23.1 Å². The highest BCUT2D eigenvalue weighted by Crippen LogP contribution is 2.37. The molecule has 0 radical (unpaired) electrons. The third-order valence-corrected chi connectivity index (χ3v) is 4.55. The first-order valence-corrected chi connectivity index (χ1v) is 8.16. The predicted molar refractivity (Wildman–Crippen MR) is 89.9 cm³/mol. The maximum atomic E-state index is 11.6. The van der Waals surface area contributed by atoms with E-state index in [2.05, 4.69) is 25.1 Å². The highest BCUT2D eigenvalue weighted by Gasteiger charge is 2.30. The van der Waals surface area contributed by atoms with Crippen molar-refractivity contribution >= 4 is 22.8 Å². The minimum atomic E-state index is -0.362. The van der Waals surface area contributed by atoms with Crippen LogP contribution in [0.3, 0.4) is 0 Å². The van der Waals surface area contributed by atoms with Gasteiger partial charge in [-0.2, -0.15) is 10.2 Å². The smallest absolute Gasteiger partial charge is 0.327 e. The van der Waals surface area contributed by atoms with Crippen LogP contribution in [0.15, 0.2) is 24.9 Å². The first-order valence-electron chi connectivity index (χ1n) is 8.16. The van der Waals surface area contributed by atoms with Crippen LogP contribution < -0.4 is 4.90 Å². The minimum absolute atomic E-state index is 0.0302. The van der Waals surface area contributed by atoms with E-state index < -0.39 is 0 Å². The molecule has 0 spiro atoms. The molecule has 130 valence electrons. The molecular weight excluding hydrogens is 322 g/mol. The number of nitrogens with zero attached hydrogens (tertiary/aromatic N) is 7. The second-order valence-corrected chi connectivity index (χ2v) is 6.11. The van der Waals surface area contributed by atoms with Crippen LogP contribution in [0.5, 0.6) is 0 Å². The summed E-state index contributed by atoms with van der Waals surface area (Å²) in [6.07, 6.45) is 9.32. The van der Waals surface area contributed by atoms with Crippen molar-refractivity contribution in [2.45, 2.75) is 25.4 Å². The third kappa shape index (κ3) is 2.71. The van der Waals surface area contributed by atoms with E-state index in [4.69, 9.17) is 4.74 Å². The average molecular weight is 341 g/mol. The van der Waals surface area contributed by atoms with Crippen LogP contribution in [0, 0.1) is 0 Å². The van der Waals surface area contributed by atoms with E-state index in [9.17, 15) is 4.79 Å². The second kappa shape index (κ2) is 6.15. The van der Waals surface area contributed by atoms with Gasteiger partial charge in [0.1, 0.15) is 18.7 Å². The van der Waals surface area contributed by atoms with Crippen LogP contribution in [0.4, 0.5) is 5.82 Å². The summed E-state index contributed by atoms with van der Waals surface area (Å²) < 4.78 is 8.08. The normalized spacial score (nSPS) is 17.4. The van der Waals surface area contributed by atoms with Crippen molar-refractivity contribution in [3.05, 3.63) is 30.5 Å². The highest BCUT2D eigenvalue weighted by molar-refractivity contribution is 5.87. The number of hydrogen-bond acceptors (Lipinski definition) is 7. The van der Waals surface area contributed by atoms with E-state index >= 15 is 0 Å². The fourth-order valence-electron chi connectivity index (χ4n) is 3.39. The van der Waals surface area contributed by atoms with E-state index in [0.29, 0.717) is 5.65 Å². The Morgan fingerprint density at radius 1 is 1.32 bits per heavy atom. The summed E-state index contributed by atoms with van der Waals surface area (Å²) >= 11 is 0. The highest BCUT2D eigenvalue weighted by atomic mass is 16.5. The summed E-state index contributed by atoms with van der Waals surface area (Å²) in [6, 6.07) is 0.232. The van der Waals surface area contributed by atoms with Gasteiger partial charge < -0.3 is 9.64 Å². The molecule has 0 saturated carbocycles. The fourth-order valence-corrected chi connectivity index (χ4v) is 3.39. The number of aryl methyl sites for hydroxylation is 1. The van der Waals surface area contributed by atoms with Gasteiger partial charge in [0.15, 0.2) is 5.65 Å². The molecule has 1 saturated heterocycles. The number of methoxy groups -OCH3 is 1. The van der Waals surface area contributed by atoms with Gasteiger partial charge in [-0.15, -0.1) is 0 Å². The summed E-state index contributed by atoms with van der Waals surface area (Å²) in [5.74, 6) is 0.479. The standard InChI is InChI=1S/C16H19N7O2/c1-21-8-11(6-19-21)13-4-3-5-22(13)15-12-7-20-23(9-14(24)25-2)16(12)18-10-17-15/h6-8,10,13H,3-5,9H2,1-2H3. The topological polar surface area (TPSA) is 91.0 Å². The van der Waals surface area contributed by atoms with Gasteiger partial charge in [0, 0.05) is 25.4 Å². The molecule has 0 bridgehead atoms. The van der Waals surface area contributed by atoms with Crippen molar-refractivity contribution in [2.24, 2.45) is 7.05 Å². The fraction of sp³-hybridized carbons (Fsp3) is 0.438. The Bertz CT molecular complexity index is 916. The molecule has 4 rings (SSSR count). The van der Waals surface area contributed by atoms with Gasteiger partial charge in [-0.25, -0.2) is 14.6 Å². The molecule has 3 aromatic heterocycles. The number of rotatable bonds is 4. The van der Waals surface area contributed by atoms with E-state index in [0.717, 1.165) is 30.6 Å². The van der Waals surface area contributed by atoms with Crippen molar-refractivity contribution in [1.29, 1.82) is 0 Å². The number of carbonyl (C=O) groups excluding carboxylic acids is 1. The van der Waals surface area contributed by atoms with Crippen LogP contribution in [0.1, 0.15) is 24.4 Å². The molecule has 4 heterocycles. The van der Waals surface area contributed by atoms with Crippen molar-refractivity contribution in [2.75, 3.05) is 18.6 Å². The molecular formula is C16H19N7O2. The Labute approximate surface area is 144 Å². The Kier molecular flexibility index (Phi) is 3.83. The third-order valence-electron chi connectivity index (χ3n) is 4.55. The molecule has 1 atom stereocenters. The zero-order valence-electron chi connectivity index (χ0n) is 14.2. The lowest BCUT2D eigenvalue weighted by Gasteiger charge is -2.25. The predicted octanol–water partition coefficient (Wildman–Crippen LogP) is 1.07. The van der Waals surface area contributed by atoms with Crippen LogP contribution in [0.25, 0.3) is 11.0 Å². The Balaban J connectivity index is 1.72. The van der Waals surface area contributed by atoms with Crippen molar-refractivity contribution in [3.8, 4) is 0 Å². The van der Waals surface area contributed by atoms with E-state index in [1.54, 1.807) is 10.9 Å². The molecule has 1 fully saturated rings. The van der Waals surface area contributed by atoms with Crippen LogP contribution >= 0.6 is 0 Å². The van der Waals surface area contributed by atoms with E-state index in [1.165, 1.54) is 19.0 Å². The van der Waals surface area contributed by atoms with E-state index in [-0.39, 0.29) is 18.6 Å².